The summed E-state index contributed by atoms with van der Waals surface area (Å²) in [5.41, 5.74) is 0.299. The summed E-state index contributed by atoms with van der Waals surface area (Å²) < 4.78 is 7.05. The van der Waals surface area contributed by atoms with Crippen molar-refractivity contribution in [3.63, 3.8) is 0 Å². The lowest BCUT2D eigenvalue weighted by atomic mass is 9.90. The molecule has 3 amide bonds. The monoisotopic (exact) mass is 435 g/mol. The second-order valence-electron chi connectivity index (χ2n) is 7.41. The molecule has 0 aromatic carbocycles. The average Bonchev–Trinajstić information content (AvgIpc) is 3.32. The number of thioether (sulfide) groups is 1. The highest BCUT2D eigenvalue weighted by Gasteiger charge is 2.64. The van der Waals surface area contributed by atoms with Crippen LogP contribution in [0.3, 0.4) is 0 Å². The van der Waals surface area contributed by atoms with Crippen molar-refractivity contribution in [2.45, 2.75) is 48.8 Å². The van der Waals surface area contributed by atoms with Crippen LogP contribution in [0.15, 0.2) is 16.4 Å². The van der Waals surface area contributed by atoms with Gasteiger partial charge >= 0.3 is 5.97 Å². The first kappa shape index (κ1) is 19.0. The van der Waals surface area contributed by atoms with Crippen LogP contribution >= 0.6 is 11.8 Å². The molecule has 2 N–H and O–H groups in total. The molecule has 4 heterocycles. The van der Waals surface area contributed by atoms with Crippen molar-refractivity contribution in [1.29, 1.82) is 0 Å². The fraction of sp³-hybridized carbons (Fsp3) is 0.562. The zero-order valence-electron chi connectivity index (χ0n) is 15.5. The van der Waals surface area contributed by atoms with Crippen LogP contribution in [0.1, 0.15) is 12.8 Å². The first-order valence-corrected chi connectivity index (χ1v) is 10.3. The van der Waals surface area contributed by atoms with Crippen LogP contribution < -0.4 is 5.32 Å². The minimum Gasteiger partial charge on any atom is -0.477 e. The third kappa shape index (κ3) is 2.94. The summed E-state index contributed by atoms with van der Waals surface area (Å²) in [7, 11) is 0. The van der Waals surface area contributed by atoms with Crippen molar-refractivity contribution in [1.82, 2.24) is 35.3 Å². The minimum absolute atomic E-state index is 0.0415. The molecule has 14 heteroatoms. The topological polar surface area (TPSA) is 160 Å². The molecule has 1 aliphatic carbocycles. The van der Waals surface area contributed by atoms with E-state index in [-0.39, 0.29) is 36.7 Å². The van der Waals surface area contributed by atoms with E-state index in [0.29, 0.717) is 17.1 Å². The van der Waals surface area contributed by atoms with Gasteiger partial charge in [0.05, 0.1) is 6.04 Å². The zero-order valence-corrected chi connectivity index (χ0v) is 16.3. The Morgan fingerprint density at radius 3 is 2.87 bits per heavy atom. The van der Waals surface area contributed by atoms with E-state index in [4.69, 9.17) is 4.74 Å². The Kier molecular flexibility index (Phi) is 4.47. The number of rotatable bonds is 8. The van der Waals surface area contributed by atoms with Crippen LogP contribution in [0.2, 0.25) is 0 Å². The number of tetrazole rings is 1. The van der Waals surface area contributed by atoms with Gasteiger partial charge in [0.1, 0.15) is 31.1 Å². The quantitative estimate of drug-likeness (QED) is 0.260. The maximum atomic E-state index is 12.5. The number of carboxylic acid groups (broad SMARTS) is 1. The fourth-order valence-electron chi connectivity index (χ4n) is 4.00. The van der Waals surface area contributed by atoms with E-state index in [9.17, 15) is 24.3 Å². The molecular weight excluding hydrogens is 418 g/mol. The molecule has 3 atom stereocenters. The lowest BCUT2D eigenvalue weighted by Crippen LogP contribution is -2.74. The number of ether oxygens (including phenoxy) is 1. The molecule has 1 aromatic rings. The maximum absolute atomic E-state index is 12.5. The molecule has 0 spiro atoms. The van der Waals surface area contributed by atoms with Gasteiger partial charge in [-0.3, -0.25) is 19.3 Å². The van der Waals surface area contributed by atoms with Gasteiger partial charge in [-0.2, -0.15) is 0 Å². The second-order valence-corrected chi connectivity index (χ2v) is 8.35. The number of nitrogens with one attached hydrogen (secondary N) is 1. The number of hydrogen-bond donors (Lipinski definition) is 2. The summed E-state index contributed by atoms with van der Waals surface area (Å²) in [5, 5.41) is 24.2. The smallest absolute Gasteiger partial charge is 0.352 e. The molecular formula is C16H17N7O6S. The Hall–Kier alpha value is -3.00. The largest absolute Gasteiger partial charge is 0.477 e. The number of hydrogen-bond acceptors (Lipinski definition) is 9. The molecule has 3 aliphatic heterocycles. The van der Waals surface area contributed by atoms with Gasteiger partial charge in [-0.25, -0.2) is 9.48 Å². The molecule has 5 rings (SSSR count). The van der Waals surface area contributed by atoms with Crippen molar-refractivity contribution >= 4 is 36.0 Å². The average molecular weight is 435 g/mol. The molecule has 0 bridgehead atoms. The number of aliphatic carboxylic acids is 1. The number of amides is 3. The van der Waals surface area contributed by atoms with Gasteiger partial charge in [0.2, 0.25) is 17.5 Å². The molecule has 3 fully saturated rings. The molecule has 158 valence electrons. The Balaban J connectivity index is 1.33. The first-order chi connectivity index (χ1) is 14.5. The summed E-state index contributed by atoms with van der Waals surface area (Å²) in [5.74, 6) is -1.71. The molecule has 0 radical (unpaired) electrons. The number of aromatic nitrogens is 4. The highest BCUT2D eigenvalue weighted by Crippen LogP contribution is 2.45. The van der Waals surface area contributed by atoms with E-state index in [1.807, 2.05) is 0 Å². The molecule has 1 unspecified atom stereocenters. The van der Waals surface area contributed by atoms with Crippen LogP contribution in [-0.2, 0) is 30.5 Å². The molecule has 13 nitrogen and oxygen atoms in total. The van der Waals surface area contributed by atoms with E-state index >= 15 is 0 Å². The van der Waals surface area contributed by atoms with Crippen LogP contribution in [0.25, 0.3) is 0 Å². The number of carbonyl (C=O) groups excluding carboxylic acids is 3. The normalized spacial score (nSPS) is 27.1. The molecule has 1 saturated carbocycles. The van der Waals surface area contributed by atoms with Crippen LogP contribution in [0.5, 0.6) is 0 Å². The number of carboxylic acids is 1. The molecule has 30 heavy (non-hydrogen) atoms. The van der Waals surface area contributed by atoms with Gasteiger partial charge in [-0.1, -0.05) is 11.8 Å². The van der Waals surface area contributed by atoms with Crippen LogP contribution in [0, 0.1) is 0 Å². The SMILES string of the molecule is O=CN1COC2C(CSc3nnnn3CC(=O)NC3CC3)=C(C(=O)O)N3C(=O)[C@@H]1[C@@H]23. The highest BCUT2D eigenvalue weighted by molar-refractivity contribution is 7.99. The Morgan fingerprint density at radius 2 is 2.17 bits per heavy atom. The van der Waals surface area contributed by atoms with Gasteiger partial charge in [0.15, 0.2) is 0 Å². The lowest BCUT2D eigenvalue weighted by Gasteiger charge is -2.51. The number of nitrogens with zero attached hydrogens (tertiary/aromatic N) is 6. The van der Waals surface area contributed by atoms with Crippen LogP contribution in [-0.4, -0.2) is 96.0 Å². The Bertz CT molecular complexity index is 975. The highest BCUT2D eigenvalue weighted by atomic mass is 32.2. The van der Waals surface area contributed by atoms with E-state index < -0.39 is 30.1 Å². The predicted octanol–water partition coefficient (Wildman–Crippen LogP) is -2.21. The van der Waals surface area contributed by atoms with Gasteiger partial charge in [-0.05, 0) is 23.3 Å². The Morgan fingerprint density at radius 1 is 1.37 bits per heavy atom. The molecule has 4 aliphatic rings. The third-order valence-corrected chi connectivity index (χ3v) is 6.51. The third-order valence-electron chi connectivity index (χ3n) is 5.50. The molecule has 1 aromatic heterocycles. The summed E-state index contributed by atoms with van der Waals surface area (Å²) in [6.07, 6.45) is 1.85. The van der Waals surface area contributed by atoms with Gasteiger partial charge < -0.3 is 20.1 Å². The van der Waals surface area contributed by atoms with Gasteiger partial charge in [0.25, 0.3) is 5.91 Å². The van der Waals surface area contributed by atoms with E-state index in [1.54, 1.807) is 0 Å². The first-order valence-electron chi connectivity index (χ1n) is 9.30. The predicted molar refractivity (Wildman–Crippen MR) is 96.4 cm³/mol. The number of carbonyl (C=O) groups is 4. The van der Waals surface area contributed by atoms with E-state index in [1.165, 1.54) is 14.5 Å². The number of β-lactam (4-membered cyclic amide) rings is 1. The van der Waals surface area contributed by atoms with Crippen molar-refractivity contribution in [2.24, 2.45) is 0 Å². The summed E-state index contributed by atoms with van der Waals surface area (Å²) in [6, 6.07) is -1.04. The van der Waals surface area contributed by atoms with Crippen molar-refractivity contribution in [3.8, 4) is 0 Å². The Labute approximate surface area is 173 Å². The maximum Gasteiger partial charge on any atom is 0.352 e. The zero-order chi connectivity index (χ0) is 21.0. The van der Waals surface area contributed by atoms with Gasteiger partial charge in [0, 0.05) is 17.4 Å². The van der Waals surface area contributed by atoms with Crippen LogP contribution in [0.4, 0.5) is 0 Å². The van der Waals surface area contributed by atoms with Gasteiger partial charge in [-0.15, -0.1) is 5.10 Å². The van der Waals surface area contributed by atoms with Crippen molar-refractivity contribution in [2.75, 3.05) is 12.5 Å². The lowest BCUT2D eigenvalue weighted by molar-refractivity contribution is -0.188. The fourth-order valence-corrected chi connectivity index (χ4v) is 4.93. The van der Waals surface area contributed by atoms with E-state index in [0.717, 1.165) is 24.6 Å². The standard InChI is InChI=1S/C16H17N7O6S/c24-5-21-6-29-13-8(10(15(27)28)23-11(13)12(21)14(23)26)4-30-16-18-19-20-22(16)3-9(25)17-7-1-2-7/h5,7,11-13H,1-4,6H2,(H,17,25)(H,27,28)/t11-,12-,13?/m0/s1. The molecule has 2 saturated heterocycles. The van der Waals surface area contributed by atoms with Crippen molar-refractivity contribution in [3.05, 3.63) is 11.3 Å². The van der Waals surface area contributed by atoms with E-state index in [2.05, 4.69) is 20.8 Å². The summed E-state index contributed by atoms with van der Waals surface area (Å²) in [6.45, 7) is -0.130. The van der Waals surface area contributed by atoms with Crippen molar-refractivity contribution < 1.29 is 29.0 Å². The minimum atomic E-state index is -1.24. The summed E-state index contributed by atoms with van der Waals surface area (Å²) in [4.78, 5) is 50.0. The second kappa shape index (κ2) is 7.05. The summed E-state index contributed by atoms with van der Waals surface area (Å²) >= 11 is 1.16.